The molecule has 152 valence electrons. The monoisotopic (exact) mass is 394 g/mol. The first-order chi connectivity index (χ1) is 13.8. The summed E-state index contributed by atoms with van der Waals surface area (Å²) in [4.78, 5) is 37.7. The van der Waals surface area contributed by atoms with Gasteiger partial charge < -0.3 is 20.9 Å². The third-order valence-electron chi connectivity index (χ3n) is 4.78. The average molecular weight is 394 g/mol. The molecule has 0 saturated carbocycles. The zero-order chi connectivity index (χ0) is 21.0. The Hall–Kier alpha value is -3.35. The van der Waals surface area contributed by atoms with E-state index >= 15 is 0 Å². The molecule has 2 aromatic carbocycles. The van der Waals surface area contributed by atoms with Gasteiger partial charge in [-0.25, -0.2) is 0 Å². The Morgan fingerprint density at radius 1 is 0.966 bits per heavy atom. The lowest BCUT2D eigenvalue weighted by atomic mass is 9.99. The molecule has 29 heavy (non-hydrogen) atoms. The lowest BCUT2D eigenvalue weighted by molar-refractivity contribution is -0.115. The molecule has 7 heteroatoms. The third kappa shape index (κ3) is 5.34. The van der Waals surface area contributed by atoms with Crippen LogP contribution in [0.25, 0.3) is 0 Å². The van der Waals surface area contributed by atoms with Gasteiger partial charge in [-0.2, -0.15) is 0 Å². The molecule has 0 saturated heterocycles. The van der Waals surface area contributed by atoms with Gasteiger partial charge in [0.2, 0.25) is 11.8 Å². The van der Waals surface area contributed by atoms with Crippen molar-refractivity contribution in [2.45, 2.75) is 33.2 Å². The van der Waals surface area contributed by atoms with Gasteiger partial charge in [0.05, 0.1) is 0 Å². The molecular weight excluding hydrogens is 368 g/mol. The Balaban J connectivity index is 1.74. The first-order valence-electron chi connectivity index (χ1n) is 9.63. The van der Waals surface area contributed by atoms with Gasteiger partial charge in [0.1, 0.15) is 0 Å². The fourth-order valence-electron chi connectivity index (χ4n) is 3.54. The molecule has 0 unspecified atom stereocenters. The second-order valence-corrected chi connectivity index (χ2v) is 7.33. The average Bonchev–Trinajstić information content (AvgIpc) is 2.65. The van der Waals surface area contributed by atoms with E-state index in [4.69, 9.17) is 0 Å². The minimum atomic E-state index is -0.279. The van der Waals surface area contributed by atoms with Crippen LogP contribution in [0.3, 0.4) is 0 Å². The maximum absolute atomic E-state index is 12.7. The number of hydrogen-bond acceptors (Lipinski definition) is 4. The zero-order valence-corrected chi connectivity index (χ0v) is 17.0. The van der Waals surface area contributed by atoms with Crippen LogP contribution in [0.2, 0.25) is 0 Å². The number of hydrogen-bond donors (Lipinski definition) is 3. The Morgan fingerprint density at radius 3 is 2.24 bits per heavy atom. The third-order valence-corrected chi connectivity index (χ3v) is 4.78. The van der Waals surface area contributed by atoms with E-state index < -0.39 is 0 Å². The van der Waals surface area contributed by atoms with Gasteiger partial charge in [0, 0.05) is 56.6 Å². The summed E-state index contributed by atoms with van der Waals surface area (Å²) in [5, 5.41) is 8.22. The standard InChI is InChI=1S/C22H26N4O3/c1-14(27)24-19-10-18(11-20(12-19)25-15(2)28)22(29)23-13-16-6-7-21-17(9-16)5-4-8-26(21)3/h6-7,9-12H,4-5,8,13H2,1-3H3,(H,23,29)(H,24,27)(H,25,28). The normalized spacial score (nSPS) is 12.7. The minimum Gasteiger partial charge on any atom is -0.374 e. The predicted octanol–water partition coefficient (Wildman–Crippen LogP) is 2.92. The number of amides is 3. The fourth-order valence-corrected chi connectivity index (χ4v) is 3.54. The summed E-state index contributed by atoms with van der Waals surface area (Å²) in [6, 6.07) is 11.1. The predicted molar refractivity (Wildman–Crippen MR) is 114 cm³/mol. The van der Waals surface area contributed by atoms with E-state index in [0.29, 0.717) is 23.5 Å². The van der Waals surface area contributed by atoms with Gasteiger partial charge in [-0.15, -0.1) is 0 Å². The molecule has 7 nitrogen and oxygen atoms in total. The number of carbonyl (C=O) groups excluding carboxylic acids is 3. The highest BCUT2D eigenvalue weighted by molar-refractivity contribution is 5.99. The number of aryl methyl sites for hydroxylation is 1. The largest absolute Gasteiger partial charge is 0.374 e. The van der Waals surface area contributed by atoms with E-state index in [1.165, 1.54) is 25.1 Å². The molecule has 0 atom stereocenters. The Morgan fingerprint density at radius 2 is 1.62 bits per heavy atom. The van der Waals surface area contributed by atoms with E-state index in [1.807, 2.05) is 6.07 Å². The molecule has 2 aromatic rings. The molecule has 0 spiro atoms. The summed E-state index contributed by atoms with van der Waals surface area (Å²) in [5.41, 5.74) is 4.84. The summed E-state index contributed by atoms with van der Waals surface area (Å²) in [5.74, 6) is -0.788. The molecule has 0 radical (unpaired) electrons. The number of nitrogens with zero attached hydrogens (tertiary/aromatic N) is 1. The van der Waals surface area contributed by atoms with E-state index in [2.05, 4.69) is 40.0 Å². The Kier molecular flexibility index (Phi) is 6.16. The smallest absolute Gasteiger partial charge is 0.251 e. The van der Waals surface area contributed by atoms with Gasteiger partial charge in [0.25, 0.3) is 5.91 Å². The van der Waals surface area contributed by atoms with Crippen LogP contribution in [0.1, 0.15) is 41.8 Å². The number of nitrogens with one attached hydrogen (secondary N) is 3. The van der Waals surface area contributed by atoms with Crippen LogP contribution in [-0.4, -0.2) is 31.3 Å². The summed E-state index contributed by atoms with van der Waals surface area (Å²) in [6.45, 7) is 4.23. The van der Waals surface area contributed by atoms with E-state index in [1.54, 1.807) is 18.2 Å². The maximum Gasteiger partial charge on any atom is 0.251 e. The lowest BCUT2D eigenvalue weighted by Gasteiger charge is -2.27. The van der Waals surface area contributed by atoms with Crippen molar-refractivity contribution in [1.29, 1.82) is 0 Å². The fraction of sp³-hybridized carbons (Fsp3) is 0.318. The molecular formula is C22H26N4O3. The SMILES string of the molecule is CC(=O)Nc1cc(NC(C)=O)cc(C(=O)NCc2ccc3c(c2)CCCN3C)c1. The summed E-state index contributed by atoms with van der Waals surface area (Å²) < 4.78 is 0. The van der Waals surface area contributed by atoms with Crippen LogP contribution in [0, 0.1) is 0 Å². The highest BCUT2D eigenvalue weighted by atomic mass is 16.2. The zero-order valence-electron chi connectivity index (χ0n) is 17.0. The van der Waals surface area contributed by atoms with Gasteiger partial charge in [-0.1, -0.05) is 12.1 Å². The quantitative estimate of drug-likeness (QED) is 0.727. The summed E-state index contributed by atoms with van der Waals surface area (Å²) in [6.07, 6.45) is 2.17. The second kappa shape index (κ2) is 8.77. The molecule has 1 aliphatic rings. The number of carbonyl (C=O) groups is 3. The molecule has 3 rings (SSSR count). The number of benzene rings is 2. The van der Waals surface area contributed by atoms with Crippen LogP contribution in [0.4, 0.5) is 17.1 Å². The van der Waals surface area contributed by atoms with Crippen molar-refractivity contribution < 1.29 is 14.4 Å². The first-order valence-corrected chi connectivity index (χ1v) is 9.63. The van der Waals surface area contributed by atoms with Crippen LogP contribution in [-0.2, 0) is 22.6 Å². The number of anilines is 3. The molecule has 0 aromatic heterocycles. The van der Waals surface area contributed by atoms with Crippen molar-refractivity contribution in [2.75, 3.05) is 29.1 Å². The van der Waals surface area contributed by atoms with Crippen molar-refractivity contribution >= 4 is 34.8 Å². The highest BCUT2D eigenvalue weighted by Gasteiger charge is 2.15. The number of rotatable bonds is 5. The molecule has 1 aliphatic heterocycles. The Bertz CT molecular complexity index is 921. The van der Waals surface area contributed by atoms with Crippen LogP contribution in [0.5, 0.6) is 0 Å². The molecule has 3 N–H and O–H groups in total. The van der Waals surface area contributed by atoms with Gasteiger partial charge in [0.15, 0.2) is 0 Å². The van der Waals surface area contributed by atoms with Crippen molar-refractivity contribution in [3.63, 3.8) is 0 Å². The number of fused-ring (bicyclic) bond motifs is 1. The van der Waals surface area contributed by atoms with E-state index in [9.17, 15) is 14.4 Å². The van der Waals surface area contributed by atoms with Gasteiger partial charge >= 0.3 is 0 Å². The van der Waals surface area contributed by atoms with Crippen molar-refractivity contribution in [1.82, 2.24) is 5.32 Å². The highest BCUT2D eigenvalue weighted by Crippen LogP contribution is 2.27. The van der Waals surface area contributed by atoms with Crippen LogP contribution < -0.4 is 20.9 Å². The minimum absolute atomic E-state index is 0.254. The maximum atomic E-state index is 12.7. The molecule has 0 aliphatic carbocycles. The van der Waals surface area contributed by atoms with Gasteiger partial charge in [-0.05, 0) is 48.2 Å². The topological polar surface area (TPSA) is 90.5 Å². The van der Waals surface area contributed by atoms with Crippen LogP contribution >= 0.6 is 0 Å². The van der Waals surface area contributed by atoms with Gasteiger partial charge in [-0.3, -0.25) is 14.4 Å². The first kappa shape index (κ1) is 20.4. The summed E-state index contributed by atoms with van der Waals surface area (Å²) >= 11 is 0. The summed E-state index contributed by atoms with van der Waals surface area (Å²) in [7, 11) is 2.09. The van der Waals surface area contributed by atoms with Crippen molar-refractivity contribution in [3.05, 3.63) is 53.1 Å². The van der Waals surface area contributed by atoms with Crippen LogP contribution in [0.15, 0.2) is 36.4 Å². The molecule has 3 amide bonds. The van der Waals surface area contributed by atoms with E-state index in [0.717, 1.165) is 24.9 Å². The Labute approximate surface area is 170 Å². The van der Waals surface area contributed by atoms with E-state index in [-0.39, 0.29) is 17.7 Å². The lowest BCUT2D eigenvalue weighted by Crippen LogP contribution is -2.26. The molecule has 0 fully saturated rings. The second-order valence-electron chi connectivity index (χ2n) is 7.33. The van der Waals surface area contributed by atoms with Crippen molar-refractivity contribution in [2.24, 2.45) is 0 Å². The van der Waals surface area contributed by atoms with Crippen molar-refractivity contribution in [3.8, 4) is 0 Å². The molecule has 1 heterocycles. The molecule has 0 bridgehead atoms.